The van der Waals surface area contributed by atoms with Gasteiger partial charge in [-0.2, -0.15) is 5.10 Å². The van der Waals surface area contributed by atoms with Crippen molar-refractivity contribution in [2.75, 3.05) is 20.8 Å². The summed E-state index contributed by atoms with van der Waals surface area (Å²) in [6.07, 6.45) is 1.44. The van der Waals surface area contributed by atoms with Crippen molar-refractivity contribution in [1.29, 1.82) is 0 Å². The normalized spacial score (nSPS) is 10.4. The number of rotatable bonds is 7. The highest BCUT2D eigenvalue weighted by Gasteiger charge is 2.11. The van der Waals surface area contributed by atoms with Crippen LogP contribution in [0.15, 0.2) is 47.6 Å². The summed E-state index contributed by atoms with van der Waals surface area (Å²) in [7, 11) is 3.06. The zero-order valence-electron chi connectivity index (χ0n) is 14.4. The van der Waals surface area contributed by atoms with Crippen LogP contribution in [0.4, 0.5) is 0 Å². The first-order chi connectivity index (χ1) is 12.5. The van der Waals surface area contributed by atoms with Crippen molar-refractivity contribution in [2.24, 2.45) is 5.10 Å². The van der Waals surface area contributed by atoms with Crippen molar-refractivity contribution >= 4 is 18.0 Å². The molecule has 0 aromatic heterocycles. The maximum atomic E-state index is 11.9. The van der Waals surface area contributed by atoms with E-state index in [0.29, 0.717) is 17.1 Å². The second-order valence-corrected chi connectivity index (χ2v) is 5.11. The van der Waals surface area contributed by atoms with Gasteiger partial charge in [-0.05, 0) is 35.9 Å². The Bertz CT molecular complexity index is 820. The minimum absolute atomic E-state index is 0.0918. The monoisotopic (exact) mass is 357 g/mol. The van der Waals surface area contributed by atoms with E-state index < -0.39 is 11.8 Å². The molecule has 0 radical (unpaired) electrons. The molecule has 26 heavy (non-hydrogen) atoms. The number of hydrogen-bond donors (Lipinski definition) is 3. The van der Waals surface area contributed by atoms with Crippen LogP contribution in [0.5, 0.6) is 17.2 Å². The number of ether oxygens (including phenoxy) is 2. The number of methoxy groups -OCH3 is 2. The number of hydrogen-bond acceptors (Lipinski definition) is 6. The number of carbonyl (C=O) groups is 2. The van der Waals surface area contributed by atoms with Crippen LogP contribution in [0, 0.1) is 0 Å². The number of nitrogens with one attached hydrogen (secondary N) is 2. The van der Waals surface area contributed by atoms with Gasteiger partial charge in [0.2, 0.25) is 0 Å². The molecule has 0 aliphatic heterocycles. The molecule has 136 valence electrons. The van der Waals surface area contributed by atoms with Gasteiger partial charge in [0.1, 0.15) is 5.75 Å². The second-order valence-electron chi connectivity index (χ2n) is 5.11. The molecule has 0 saturated carbocycles. The van der Waals surface area contributed by atoms with E-state index >= 15 is 0 Å². The molecule has 0 atom stereocenters. The van der Waals surface area contributed by atoms with Crippen LogP contribution >= 0.6 is 0 Å². The van der Waals surface area contributed by atoms with Crippen molar-refractivity contribution < 1.29 is 24.2 Å². The molecule has 2 aromatic rings. The van der Waals surface area contributed by atoms with E-state index in [9.17, 15) is 14.7 Å². The Labute approximate surface area is 150 Å². The zero-order valence-corrected chi connectivity index (χ0v) is 14.4. The third-order valence-electron chi connectivity index (χ3n) is 3.37. The molecule has 8 heteroatoms. The number of phenols is 1. The molecule has 0 bridgehead atoms. The quantitative estimate of drug-likeness (QED) is 0.511. The maximum absolute atomic E-state index is 11.9. The summed E-state index contributed by atoms with van der Waals surface area (Å²) in [5.41, 5.74) is 3.09. The van der Waals surface area contributed by atoms with Gasteiger partial charge in [-0.1, -0.05) is 12.1 Å². The molecule has 0 unspecified atom stereocenters. The number of hydrazone groups is 1. The number of nitrogens with zero attached hydrogens (tertiary/aromatic N) is 1. The van der Waals surface area contributed by atoms with Crippen LogP contribution < -0.4 is 20.2 Å². The van der Waals surface area contributed by atoms with Gasteiger partial charge in [0.25, 0.3) is 11.8 Å². The van der Waals surface area contributed by atoms with Crippen molar-refractivity contribution in [3.8, 4) is 17.2 Å². The average Bonchev–Trinajstić information content (AvgIpc) is 2.66. The van der Waals surface area contributed by atoms with Gasteiger partial charge >= 0.3 is 0 Å². The first-order valence-electron chi connectivity index (χ1n) is 7.65. The fraction of sp³-hybridized carbons (Fsp3) is 0.167. The van der Waals surface area contributed by atoms with E-state index in [-0.39, 0.29) is 17.9 Å². The maximum Gasteiger partial charge on any atom is 0.259 e. The molecule has 8 nitrogen and oxygen atoms in total. The summed E-state index contributed by atoms with van der Waals surface area (Å²) < 4.78 is 10.3. The van der Waals surface area contributed by atoms with Crippen molar-refractivity contribution in [2.45, 2.75) is 0 Å². The molecule has 0 saturated heterocycles. The van der Waals surface area contributed by atoms with E-state index in [1.807, 2.05) is 0 Å². The van der Waals surface area contributed by atoms with Crippen LogP contribution in [0.2, 0.25) is 0 Å². The third-order valence-corrected chi connectivity index (χ3v) is 3.37. The minimum atomic E-state index is -0.554. The topological polar surface area (TPSA) is 109 Å². The highest BCUT2D eigenvalue weighted by Crippen LogP contribution is 2.26. The van der Waals surface area contributed by atoms with Gasteiger partial charge in [-0.25, -0.2) is 5.43 Å². The highest BCUT2D eigenvalue weighted by molar-refractivity contribution is 5.98. The van der Waals surface area contributed by atoms with E-state index in [1.165, 1.54) is 32.6 Å². The molecule has 0 spiro atoms. The summed E-state index contributed by atoms with van der Waals surface area (Å²) >= 11 is 0. The molecule has 0 fully saturated rings. The molecule has 0 aliphatic rings. The number of benzene rings is 2. The SMILES string of the molecule is COc1ccc(/C=N\NC(=O)CNC(=O)c2ccccc2O)cc1OC. The molecule has 0 heterocycles. The minimum Gasteiger partial charge on any atom is -0.507 e. The summed E-state index contributed by atoms with van der Waals surface area (Å²) in [5.74, 6) is -0.0947. The van der Waals surface area contributed by atoms with Gasteiger partial charge in [-0.3, -0.25) is 9.59 Å². The van der Waals surface area contributed by atoms with E-state index in [1.54, 1.807) is 30.3 Å². The van der Waals surface area contributed by atoms with Crippen molar-refractivity contribution in [3.63, 3.8) is 0 Å². The lowest BCUT2D eigenvalue weighted by atomic mass is 10.2. The Morgan fingerprint density at radius 3 is 2.54 bits per heavy atom. The first kappa shape index (κ1) is 18.8. The van der Waals surface area contributed by atoms with Crippen LogP contribution in [0.1, 0.15) is 15.9 Å². The average molecular weight is 357 g/mol. The van der Waals surface area contributed by atoms with Gasteiger partial charge < -0.3 is 19.9 Å². The Balaban J connectivity index is 1.86. The highest BCUT2D eigenvalue weighted by atomic mass is 16.5. The standard InChI is InChI=1S/C18H19N3O5/c1-25-15-8-7-12(9-16(15)26-2)10-20-21-17(23)11-19-18(24)13-5-3-4-6-14(13)22/h3-10,22H,11H2,1-2H3,(H,19,24)(H,21,23)/b20-10-. The number of aromatic hydroxyl groups is 1. The molecule has 2 aromatic carbocycles. The molecule has 2 amide bonds. The number of amides is 2. The van der Waals surface area contributed by atoms with Gasteiger partial charge in [0.15, 0.2) is 11.5 Å². The summed E-state index contributed by atoms with van der Waals surface area (Å²) in [6.45, 7) is -0.281. The molecular formula is C18H19N3O5. The largest absolute Gasteiger partial charge is 0.507 e. The van der Waals surface area contributed by atoms with Gasteiger partial charge in [0, 0.05) is 0 Å². The Kier molecular flexibility index (Phi) is 6.55. The predicted octanol–water partition coefficient (Wildman–Crippen LogP) is 1.29. The fourth-order valence-corrected chi connectivity index (χ4v) is 2.07. The summed E-state index contributed by atoms with van der Waals surface area (Å²) in [5, 5.41) is 15.8. The molecule has 3 N–H and O–H groups in total. The smallest absolute Gasteiger partial charge is 0.259 e. The first-order valence-corrected chi connectivity index (χ1v) is 7.65. The molecule has 2 rings (SSSR count). The zero-order chi connectivity index (χ0) is 18.9. The lowest BCUT2D eigenvalue weighted by Gasteiger charge is -2.07. The number of phenolic OH excluding ortho intramolecular Hbond substituents is 1. The van der Waals surface area contributed by atoms with Crippen LogP contribution in [0.3, 0.4) is 0 Å². The van der Waals surface area contributed by atoms with Crippen LogP contribution in [0.25, 0.3) is 0 Å². The lowest BCUT2D eigenvalue weighted by molar-refractivity contribution is -0.120. The van der Waals surface area contributed by atoms with Crippen molar-refractivity contribution in [3.05, 3.63) is 53.6 Å². The van der Waals surface area contributed by atoms with Crippen LogP contribution in [-0.2, 0) is 4.79 Å². The number of carbonyl (C=O) groups excluding carboxylic acids is 2. The Hall–Kier alpha value is -3.55. The molecular weight excluding hydrogens is 338 g/mol. The van der Waals surface area contributed by atoms with Crippen molar-refractivity contribution in [1.82, 2.24) is 10.7 Å². The van der Waals surface area contributed by atoms with E-state index in [4.69, 9.17) is 9.47 Å². The number of para-hydroxylation sites is 1. The fourth-order valence-electron chi connectivity index (χ4n) is 2.07. The van der Waals surface area contributed by atoms with E-state index in [0.717, 1.165) is 0 Å². The summed E-state index contributed by atoms with van der Waals surface area (Å²) in [6, 6.07) is 11.2. The van der Waals surface area contributed by atoms with Crippen LogP contribution in [-0.4, -0.2) is 43.9 Å². The summed E-state index contributed by atoms with van der Waals surface area (Å²) in [4.78, 5) is 23.6. The predicted molar refractivity (Wildman–Crippen MR) is 95.7 cm³/mol. The third kappa shape index (κ3) is 4.97. The van der Waals surface area contributed by atoms with Gasteiger partial charge in [-0.15, -0.1) is 0 Å². The van der Waals surface area contributed by atoms with Gasteiger partial charge in [0.05, 0.1) is 32.5 Å². The van der Waals surface area contributed by atoms with E-state index in [2.05, 4.69) is 15.8 Å². The molecule has 0 aliphatic carbocycles. The Morgan fingerprint density at radius 2 is 1.85 bits per heavy atom. The lowest BCUT2D eigenvalue weighted by Crippen LogP contribution is -2.34. The second kappa shape index (κ2) is 9.07. The Morgan fingerprint density at radius 1 is 1.12 bits per heavy atom.